The zero-order chi connectivity index (χ0) is 10.1. The van der Waals surface area contributed by atoms with Crippen LogP contribution in [0.1, 0.15) is 17.9 Å². The summed E-state index contributed by atoms with van der Waals surface area (Å²) in [4.78, 5) is 0. The molecule has 14 heavy (non-hydrogen) atoms. The van der Waals surface area contributed by atoms with Crippen molar-refractivity contribution < 1.29 is 8.78 Å². The van der Waals surface area contributed by atoms with Crippen LogP contribution in [0.4, 0.5) is 8.78 Å². The summed E-state index contributed by atoms with van der Waals surface area (Å²) in [5.74, 6) is -1.61. The molecule has 1 N–H and O–H groups in total. The largest absolute Gasteiger partial charge is 0.316 e. The highest BCUT2D eigenvalue weighted by molar-refractivity contribution is 6.31. The molecule has 76 valence electrons. The lowest BCUT2D eigenvalue weighted by atomic mass is 9.98. The van der Waals surface area contributed by atoms with E-state index in [1.54, 1.807) is 6.07 Å². The van der Waals surface area contributed by atoms with Gasteiger partial charge in [-0.15, -0.1) is 0 Å². The first-order valence-corrected chi connectivity index (χ1v) is 4.92. The molecule has 0 bridgehead atoms. The van der Waals surface area contributed by atoms with E-state index in [0.717, 1.165) is 25.6 Å². The number of nitrogens with one attached hydrogen (secondary N) is 1. The SMILES string of the molecule is Fc1ccc(C2CCNC2)c(Cl)c1F. The smallest absolute Gasteiger partial charge is 0.177 e. The molecule has 1 aliphatic heterocycles. The van der Waals surface area contributed by atoms with E-state index in [1.165, 1.54) is 0 Å². The predicted octanol–water partition coefficient (Wildman–Crippen LogP) is 2.70. The molecule has 0 radical (unpaired) electrons. The first-order chi connectivity index (χ1) is 6.70. The fourth-order valence-corrected chi connectivity index (χ4v) is 2.08. The van der Waals surface area contributed by atoms with Gasteiger partial charge in [0, 0.05) is 6.54 Å². The van der Waals surface area contributed by atoms with Crippen molar-refractivity contribution in [3.8, 4) is 0 Å². The van der Waals surface area contributed by atoms with Crippen LogP contribution < -0.4 is 5.32 Å². The van der Waals surface area contributed by atoms with Crippen molar-refractivity contribution in [2.45, 2.75) is 12.3 Å². The molecular weight excluding hydrogens is 208 g/mol. The molecule has 1 heterocycles. The molecule has 2 rings (SSSR count). The third-order valence-corrected chi connectivity index (χ3v) is 2.95. The van der Waals surface area contributed by atoms with Gasteiger partial charge in [0.1, 0.15) is 0 Å². The van der Waals surface area contributed by atoms with Gasteiger partial charge < -0.3 is 5.32 Å². The maximum atomic E-state index is 13.1. The summed E-state index contributed by atoms with van der Waals surface area (Å²) < 4.78 is 25.9. The summed E-state index contributed by atoms with van der Waals surface area (Å²) in [6, 6.07) is 2.70. The molecule has 1 atom stereocenters. The second-order valence-corrected chi connectivity index (χ2v) is 3.83. The third kappa shape index (κ3) is 1.62. The van der Waals surface area contributed by atoms with Gasteiger partial charge in [0.25, 0.3) is 0 Å². The van der Waals surface area contributed by atoms with Gasteiger partial charge in [-0.3, -0.25) is 0 Å². The van der Waals surface area contributed by atoms with Crippen LogP contribution in [0.2, 0.25) is 5.02 Å². The monoisotopic (exact) mass is 217 g/mol. The second-order valence-electron chi connectivity index (χ2n) is 3.45. The highest BCUT2D eigenvalue weighted by Gasteiger charge is 2.22. The van der Waals surface area contributed by atoms with Gasteiger partial charge in [0.05, 0.1) is 5.02 Å². The Morgan fingerprint density at radius 1 is 1.36 bits per heavy atom. The van der Waals surface area contributed by atoms with Crippen LogP contribution in [0.3, 0.4) is 0 Å². The normalized spacial score (nSPS) is 21.5. The van der Waals surface area contributed by atoms with E-state index in [-0.39, 0.29) is 10.9 Å². The Hall–Kier alpha value is -0.670. The molecule has 1 aromatic carbocycles. The maximum absolute atomic E-state index is 13.1. The van der Waals surface area contributed by atoms with Crippen molar-refractivity contribution in [3.63, 3.8) is 0 Å². The lowest BCUT2D eigenvalue weighted by molar-refractivity contribution is 0.506. The van der Waals surface area contributed by atoms with Gasteiger partial charge in [-0.05, 0) is 30.5 Å². The molecule has 0 amide bonds. The second kappa shape index (κ2) is 3.83. The molecule has 1 nitrogen and oxygen atoms in total. The minimum Gasteiger partial charge on any atom is -0.316 e. The Kier molecular flexibility index (Phi) is 2.70. The standard InChI is InChI=1S/C10H10ClF2N/c11-9-7(6-3-4-14-5-6)1-2-8(12)10(9)13/h1-2,6,14H,3-5H2. The van der Waals surface area contributed by atoms with Gasteiger partial charge in [0.2, 0.25) is 0 Å². The van der Waals surface area contributed by atoms with Gasteiger partial charge in [0.15, 0.2) is 11.6 Å². The summed E-state index contributed by atoms with van der Waals surface area (Å²) in [5, 5.41) is 3.09. The summed E-state index contributed by atoms with van der Waals surface area (Å²) >= 11 is 5.74. The highest BCUT2D eigenvalue weighted by atomic mass is 35.5. The summed E-state index contributed by atoms with van der Waals surface area (Å²) in [6.45, 7) is 1.69. The van der Waals surface area contributed by atoms with E-state index >= 15 is 0 Å². The van der Waals surface area contributed by atoms with E-state index in [4.69, 9.17) is 11.6 Å². The molecule has 0 saturated carbocycles. The molecular formula is C10H10ClF2N. The summed E-state index contributed by atoms with van der Waals surface area (Å²) in [5.41, 5.74) is 0.704. The zero-order valence-corrected chi connectivity index (χ0v) is 8.24. The van der Waals surface area contributed by atoms with Crippen molar-refractivity contribution in [1.82, 2.24) is 5.32 Å². The number of halogens is 3. The van der Waals surface area contributed by atoms with E-state index in [9.17, 15) is 8.78 Å². The van der Waals surface area contributed by atoms with E-state index < -0.39 is 11.6 Å². The van der Waals surface area contributed by atoms with Crippen LogP contribution in [0.15, 0.2) is 12.1 Å². The summed E-state index contributed by atoms with van der Waals surface area (Å²) in [7, 11) is 0. The molecule has 1 aromatic rings. The molecule has 0 aromatic heterocycles. The van der Waals surface area contributed by atoms with Crippen molar-refractivity contribution in [2.75, 3.05) is 13.1 Å². The topological polar surface area (TPSA) is 12.0 Å². The molecule has 4 heteroatoms. The van der Waals surface area contributed by atoms with Crippen LogP contribution in [0.5, 0.6) is 0 Å². The van der Waals surface area contributed by atoms with Gasteiger partial charge >= 0.3 is 0 Å². The van der Waals surface area contributed by atoms with Crippen molar-refractivity contribution >= 4 is 11.6 Å². The highest BCUT2D eigenvalue weighted by Crippen LogP contribution is 2.31. The van der Waals surface area contributed by atoms with Gasteiger partial charge in [-0.1, -0.05) is 17.7 Å². The maximum Gasteiger partial charge on any atom is 0.177 e. The van der Waals surface area contributed by atoms with Gasteiger partial charge in [-0.2, -0.15) is 0 Å². The lowest BCUT2D eigenvalue weighted by Crippen LogP contribution is -2.08. The van der Waals surface area contributed by atoms with Crippen molar-refractivity contribution in [2.24, 2.45) is 0 Å². The fraction of sp³-hybridized carbons (Fsp3) is 0.400. The van der Waals surface area contributed by atoms with Crippen LogP contribution in [-0.2, 0) is 0 Å². The Balaban J connectivity index is 2.38. The fourth-order valence-electron chi connectivity index (χ4n) is 1.78. The van der Waals surface area contributed by atoms with Crippen LogP contribution in [0.25, 0.3) is 0 Å². The Bertz CT molecular complexity index is 348. The molecule has 0 spiro atoms. The number of hydrogen-bond donors (Lipinski definition) is 1. The quantitative estimate of drug-likeness (QED) is 0.714. The minimum atomic E-state index is -0.934. The Labute approximate surface area is 86.1 Å². The van der Waals surface area contributed by atoms with Crippen LogP contribution >= 0.6 is 11.6 Å². The average molecular weight is 218 g/mol. The van der Waals surface area contributed by atoms with E-state index in [2.05, 4.69) is 5.32 Å². The van der Waals surface area contributed by atoms with E-state index in [0.29, 0.717) is 5.56 Å². The summed E-state index contributed by atoms with van der Waals surface area (Å²) in [6.07, 6.45) is 0.921. The first-order valence-electron chi connectivity index (χ1n) is 4.54. The number of rotatable bonds is 1. The minimum absolute atomic E-state index is 0.0706. The van der Waals surface area contributed by atoms with Gasteiger partial charge in [-0.25, -0.2) is 8.78 Å². The van der Waals surface area contributed by atoms with Crippen LogP contribution in [-0.4, -0.2) is 13.1 Å². The Morgan fingerprint density at radius 2 is 2.14 bits per heavy atom. The molecule has 1 unspecified atom stereocenters. The molecule has 1 fully saturated rings. The Morgan fingerprint density at radius 3 is 2.79 bits per heavy atom. The number of hydrogen-bond acceptors (Lipinski definition) is 1. The predicted molar refractivity (Wildman–Crippen MR) is 51.6 cm³/mol. The lowest BCUT2D eigenvalue weighted by Gasteiger charge is -2.11. The molecule has 1 aliphatic rings. The third-order valence-electron chi connectivity index (χ3n) is 2.57. The average Bonchev–Trinajstić information content (AvgIpc) is 2.67. The van der Waals surface area contributed by atoms with Crippen molar-refractivity contribution in [3.05, 3.63) is 34.4 Å². The molecule has 0 aliphatic carbocycles. The van der Waals surface area contributed by atoms with Crippen LogP contribution in [0, 0.1) is 11.6 Å². The zero-order valence-electron chi connectivity index (χ0n) is 7.49. The molecule has 1 saturated heterocycles. The van der Waals surface area contributed by atoms with Crippen molar-refractivity contribution in [1.29, 1.82) is 0 Å². The first kappa shape index (κ1) is 9.87. The van der Waals surface area contributed by atoms with E-state index in [1.807, 2.05) is 0 Å². The number of benzene rings is 1.